The highest BCUT2D eigenvalue weighted by Crippen LogP contribution is 2.29. The van der Waals surface area contributed by atoms with Crippen molar-refractivity contribution >= 4 is 0 Å². The van der Waals surface area contributed by atoms with Crippen LogP contribution in [0.4, 0.5) is 4.39 Å². The van der Waals surface area contributed by atoms with Crippen molar-refractivity contribution in [1.82, 2.24) is 29.8 Å². The summed E-state index contributed by atoms with van der Waals surface area (Å²) in [6.07, 6.45) is 1.30. The summed E-state index contributed by atoms with van der Waals surface area (Å²) in [5.41, 5.74) is 3.99. The maximum atomic E-state index is 15.0. The van der Waals surface area contributed by atoms with Crippen LogP contribution in [0, 0.1) is 11.9 Å². The molecule has 4 aromatic rings. The van der Waals surface area contributed by atoms with Crippen LogP contribution in [0.25, 0.3) is 22.5 Å². The first-order valence-corrected chi connectivity index (χ1v) is 10.9. The number of tetrazole rings is 1. The number of benzene rings is 2. The third kappa shape index (κ3) is 4.26. The number of hydrogen-bond acceptors (Lipinski definition) is 4. The topological polar surface area (TPSA) is 81.4 Å². The van der Waals surface area contributed by atoms with Gasteiger partial charge in [-0.1, -0.05) is 75.7 Å². The Kier molecular flexibility index (Phi) is 6.30. The molecule has 0 aliphatic rings. The van der Waals surface area contributed by atoms with Crippen molar-refractivity contribution in [3.8, 4) is 22.5 Å². The first kappa shape index (κ1) is 21.7. The summed E-state index contributed by atoms with van der Waals surface area (Å²) < 4.78 is 17.8. The van der Waals surface area contributed by atoms with Crippen LogP contribution < -0.4 is 5.69 Å². The second kappa shape index (κ2) is 9.30. The van der Waals surface area contributed by atoms with Crippen LogP contribution in [0.3, 0.4) is 0 Å². The summed E-state index contributed by atoms with van der Waals surface area (Å²) >= 11 is 0. The Labute approximate surface area is 185 Å². The summed E-state index contributed by atoms with van der Waals surface area (Å²) in [5.74, 6) is 0.310. The smallest absolute Gasteiger partial charge is 0.289 e. The fourth-order valence-corrected chi connectivity index (χ4v) is 3.95. The van der Waals surface area contributed by atoms with E-state index in [4.69, 9.17) is 0 Å². The second-order valence-corrected chi connectivity index (χ2v) is 8.34. The molecule has 0 bridgehead atoms. The quantitative estimate of drug-likeness (QED) is 0.448. The average molecular weight is 435 g/mol. The summed E-state index contributed by atoms with van der Waals surface area (Å²) in [5, 5.41) is 14.3. The highest BCUT2D eigenvalue weighted by molar-refractivity contribution is 5.80. The van der Waals surface area contributed by atoms with Gasteiger partial charge in [-0.25, -0.2) is 4.79 Å². The highest BCUT2D eigenvalue weighted by Gasteiger charge is 2.20. The molecule has 0 amide bonds. The van der Waals surface area contributed by atoms with Gasteiger partial charge in [-0.2, -0.15) is 9.60 Å². The van der Waals surface area contributed by atoms with Crippen LogP contribution in [-0.2, 0) is 19.5 Å². The lowest BCUT2D eigenvalue weighted by Gasteiger charge is -2.10. The van der Waals surface area contributed by atoms with Crippen molar-refractivity contribution in [2.24, 2.45) is 5.92 Å². The van der Waals surface area contributed by atoms with Crippen LogP contribution >= 0.6 is 0 Å². The van der Waals surface area contributed by atoms with Crippen molar-refractivity contribution in [1.29, 1.82) is 0 Å². The van der Waals surface area contributed by atoms with E-state index in [1.54, 1.807) is 4.57 Å². The van der Waals surface area contributed by atoms with Crippen molar-refractivity contribution < 1.29 is 4.39 Å². The van der Waals surface area contributed by atoms with Gasteiger partial charge in [0, 0.05) is 12.1 Å². The SMILES string of the molecule is CCCc1c(F)n(CC(C)C)c(=O)n1Cc1ccc(-c2ccccc2-c2nn[nH]n2)cc1. The molecule has 4 rings (SSSR count). The fraction of sp³-hybridized carbons (Fsp3) is 0.333. The van der Waals surface area contributed by atoms with E-state index in [9.17, 15) is 9.18 Å². The Bertz CT molecular complexity index is 1240. The van der Waals surface area contributed by atoms with E-state index >= 15 is 0 Å². The van der Waals surface area contributed by atoms with Gasteiger partial charge >= 0.3 is 5.69 Å². The van der Waals surface area contributed by atoms with Gasteiger partial charge < -0.3 is 0 Å². The highest BCUT2D eigenvalue weighted by atomic mass is 19.1. The zero-order valence-corrected chi connectivity index (χ0v) is 18.5. The third-order valence-corrected chi connectivity index (χ3v) is 5.42. The van der Waals surface area contributed by atoms with E-state index in [0.717, 1.165) is 28.7 Å². The number of H-pyrrole nitrogens is 1. The van der Waals surface area contributed by atoms with E-state index in [1.807, 2.05) is 69.3 Å². The minimum atomic E-state index is -0.406. The zero-order chi connectivity index (χ0) is 22.7. The van der Waals surface area contributed by atoms with Gasteiger partial charge in [-0.05, 0) is 34.2 Å². The van der Waals surface area contributed by atoms with E-state index in [2.05, 4.69) is 20.6 Å². The second-order valence-electron chi connectivity index (χ2n) is 8.34. The first-order chi connectivity index (χ1) is 15.5. The Morgan fingerprint density at radius 2 is 1.75 bits per heavy atom. The molecule has 0 fully saturated rings. The number of nitrogens with zero attached hydrogens (tertiary/aromatic N) is 5. The number of halogens is 1. The van der Waals surface area contributed by atoms with Crippen LogP contribution in [0.2, 0.25) is 0 Å². The molecule has 32 heavy (non-hydrogen) atoms. The predicted molar refractivity (Wildman–Crippen MR) is 122 cm³/mol. The van der Waals surface area contributed by atoms with Crippen molar-refractivity contribution in [3.05, 3.63) is 76.2 Å². The van der Waals surface area contributed by atoms with Gasteiger partial charge in [-0.3, -0.25) is 9.13 Å². The summed E-state index contributed by atoms with van der Waals surface area (Å²) in [7, 11) is 0. The van der Waals surface area contributed by atoms with E-state index in [1.165, 1.54) is 4.57 Å². The van der Waals surface area contributed by atoms with Crippen molar-refractivity contribution in [2.75, 3.05) is 0 Å². The van der Waals surface area contributed by atoms with Crippen LogP contribution in [0.5, 0.6) is 0 Å². The monoisotopic (exact) mass is 434 g/mol. The molecule has 166 valence electrons. The van der Waals surface area contributed by atoms with Gasteiger partial charge in [0.2, 0.25) is 11.8 Å². The molecule has 0 saturated carbocycles. The zero-order valence-electron chi connectivity index (χ0n) is 18.5. The number of aromatic nitrogens is 6. The van der Waals surface area contributed by atoms with E-state index in [0.29, 0.717) is 31.0 Å². The molecule has 0 unspecified atom stereocenters. The maximum Gasteiger partial charge on any atom is 0.330 e. The molecule has 1 N–H and O–H groups in total. The van der Waals surface area contributed by atoms with Crippen LogP contribution in [-0.4, -0.2) is 29.8 Å². The van der Waals surface area contributed by atoms with E-state index < -0.39 is 5.95 Å². The molecular weight excluding hydrogens is 407 g/mol. The Balaban J connectivity index is 1.66. The number of imidazole rings is 1. The Morgan fingerprint density at radius 1 is 1.03 bits per heavy atom. The Morgan fingerprint density at radius 3 is 2.38 bits per heavy atom. The molecule has 0 aliphatic carbocycles. The standard InChI is InChI=1S/C24H27FN6O/c1-4-7-21-22(25)31(14-16(2)3)24(32)30(21)15-17-10-12-18(13-11-17)19-8-5-6-9-20(19)23-26-28-29-27-23/h5-6,8-13,16H,4,7,14-15H2,1-3H3,(H,26,27,28,29). The number of rotatable bonds is 8. The molecule has 0 aliphatic heterocycles. The molecule has 0 saturated heterocycles. The molecular formula is C24H27FN6O. The molecule has 0 radical (unpaired) electrons. The number of hydrogen-bond donors (Lipinski definition) is 1. The number of aromatic amines is 1. The molecule has 2 aromatic heterocycles. The molecule has 2 aromatic carbocycles. The molecule has 2 heterocycles. The molecule has 0 atom stereocenters. The van der Waals surface area contributed by atoms with E-state index in [-0.39, 0.29) is 11.6 Å². The average Bonchev–Trinajstić information content (AvgIpc) is 3.40. The summed E-state index contributed by atoms with van der Waals surface area (Å²) in [6, 6.07) is 15.8. The lowest BCUT2D eigenvalue weighted by atomic mass is 9.98. The fourth-order valence-electron chi connectivity index (χ4n) is 3.95. The van der Waals surface area contributed by atoms with Gasteiger partial charge in [-0.15, -0.1) is 10.2 Å². The maximum absolute atomic E-state index is 15.0. The Hall–Kier alpha value is -3.55. The van der Waals surface area contributed by atoms with Gasteiger partial charge in [0.1, 0.15) is 0 Å². The van der Waals surface area contributed by atoms with Gasteiger partial charge in [0.25, 0.3) is 0 Å². The summed E-state index contributed by atoms with van der Waals surface area (Å²) in [4.78, 5) is 13.0. The van der Waals surface area contributed by atoms with Gasteiger partial charge in [0.15, 0.2) is 0 Å². The normalized spacial score (nSPS) is 11.4. The minimum Gasteiger partial charge on any atom is -0.289 e. The predicted octanol–water partition coefficient (Wildman–Crippen LogP) is 4.29. The van der Waals surface area contributed by atoms with Crippen molar-refractivity contribution in [3.63, 3.8) is 0 Å². The first-order valence-electron chi connectivity index (χ1n) is 10.9. The molecule has 0 spiro atoms. The minimum absolute atomic E-state index is 0.186. The van der Waals surface area contributed by atoms with Crippen LogP contribution in [0.1, 0.15) is 38.4 Å². The van der Waals surface area contributed by atoms with Crippen LogP contribution in [0.15, 0.2) is 53.3 Å². The third-order valence-electron chi connectivity index (χ3n) is 5.42. The lowest BCUT2D eigenvalue weighted by molar-refractivity contribution is 0.424. The number of nitrogens with one attached hydrogen (secondary N) is 1. The summed E-state index contributed by atoms with van der Waals surface area (Å²) in [6.45, 7) is 6.66. The van der Waals surface area contributed by atoms with Crippen molar-refractivity contribution in [2.45, 2.75) is 46.7 Å². The molecule has 8 heteroatoms. The lowest BCUT2D eigenvalue weighted by Crippen LogP contribution is -2.27. The largest absolute Gasteiger partial charge is 0.330 e. The molecule has 7 nitrogen and oxygen atoms in total. The van der Waals surface area contributed by atoms with Gasteiger partial charge in [0.05, 0.1) is 12.2 Å².